The van der Waals surface area contributed by atoms with Crippen molar-refractivity contribution in [3.05, 3.63) is 52.0 Å². The van der Waals surface area contributed by atoms with Crippen LogP contribution in [0.3, 0.4) is 0 Å². The van der Waals surface area contributed by atoms with Gasteiger partial charge in [-0.1, -0.05) is 30.3 Å². The van der Waals surface area contributed by atoms with E-state index in [9.17, 15) is 4.79 Å². The van der Waals surface area contributed by atoms with Crippen molar-refractivity contribution in [2.24, 2.45) is 0 Å². The van der Waals surface area contributed by atoms with Crippen LogP contribution in [-0.4, -0.2) is 44.2 Å². The molecular formula is C16H23Cl2N3O2S. The van der Waals surface area contributed by atoms with Crippen molar-refractivity contribution in [3.63, 3.8) is 0 Å². The van der Waals surface area contributed by atoms with Crippen molar-refractivity contribution >= 4 is 42.1 Å². The van der Waals surface area contributed by atoms with Gasteiger partial charge < -0.3 is 15.4 Å². The molecule has 0 aliphatic rings. The maximum absolute atomic E-state index is 12.0. The number of hydrogen-bond acceptors (Lipinski definition) is 5. The van der Waals surface area contributed by atoms with Crippen LogP contribution in [0.25, 0.3) is 0 Å². The second kappa shape index (κ2) is 13.1. The summed E-state index contributed by atoms with van der Waals surface area (Å²) in [6.07, 6.45) is 2.41. The standard InChI is InChI=1S/C16H21N3O2S.2ClH/c1-21-10-9-17-7-8-18-16(20)14-12-19-15(22-14)11-13-5-3-2-4-6-13;;/h2-6,12,17H,7-11H2,1H3,(H,18,20);2*1H. The Morgan fingerprint density at radius 1 is 1.17 bits per heavy atom. The largest absolute Gasteiger partial charge is 0.383 e. The Balaban J connectivity index is 0.00000264. The first kappa shape index (κ1) is 22.8. The molecule has 0 aliphatic carbocycles. The average Bonchev–Trinajstić information content (AvgIpc) is 3.00. The first-order chi connectivity index (χ1) is 10.8. The Hall–Kier alpha value is -1.18. The van der Waals surface area contributed by atoms with Gasteiger partial charge in [0.1, 0.15) is 4.88 Å². The Bertz CT molecular complexity index is 582. The lowest BCUT2D eigenvalue weighted by atomic mass is 10.2. The third kappa shape index (κ3) is 8.08. The van der Waals surface area contributed by atoms with Crippen LogP contribution in [0.15, 0.2) is 36.5 Å². The number of amides is 1. The quantitative estimate of drug-likeness (QED) is 0.644. The number of carbonyl (C=O) groups excluding carboxylic acids is 1. The summed E-state index contributed by atoms with van der Waals surface area (Å²) in [6, 6.07) is 10.1. The zero-order valence-electron chi connectivity index (χ0n) is 13.5. The van der Waals surface area contributed by atoms with E-state index in [4.69, 9.17) is 4.74 Å². The van der Waals surface area contributed by atoms with Crippen molar-refractivity contribution in [1.29, 1.82) is 0 Å². The summed E-state index contributed by atoms with van der Waals surface area (Å²) in [5, 5.41) is 7.01. The van der Waals surface area contributed by atoms with Crippen molar-refractivity contribution < 1.29 is 9.53 Å². The minimum atomic E-state index is -0.0645. The molecule has 8 heteroatoms. The van der Waals surface area contributed by atoms with Crippen LogP contribution >= 0.6 is 36.2 Å². The first-order valence-electron chi connectivity index (χ1n) is 7.26. The third-order valence-corrected chi connectivity index (χ3v) is 4.04. The lowest BCUT2D eigenvalue weighted by Gasteiger charge is -2.05. The van der Waals surface area contributed by atoms with Gasteiger partial charge in [0.2, 0.25) is 0 Å². The Labute approximate surface area is 159 Å². The summed E-state index contributed by atoms with van der Waals surface area (Å²) in [6.45, 7) is 2.78. The molecule has 1 aromatic heterocycles. The summed E-state index contributed by atoms with van der Waals surface area (Å²) in [5.74, 6) is -0.0645. The minimum absolute atomic E-state index is 0. The van der Waals surface area contributed by atoms with Gasteiger partial charge in [-0.15, -0.1) is 36.2 Å². The molecule has 0 fully saturated rings. The SMILES string of the molecule is COCCNCCNC(=O)c1cnc(Cc2ccccc2)s1.Cl.Cl. The van der Waals surface area contributed by atoms with E-state index < -0.39 is 0 Å². The van der Waals surface area contributed by atoms with Crippen LogP contribution < -0.4 is 10.6 Å². The highest BCUT2D eigenvalue weighted by molar-refractivity contribution is 7.13. The van der Waals surface area contributed by atoms with Gasteiger partial charge in [0.25, 0.3) is 5.91 Å². The molecule has 0 spiro atoms. The highest BCUT2D eigenvalue weighted by atomic mass is 35.5. The molecule has 1 heterocycles. The number of rotatable bonds is 9. The fourth-order valence-electron chi connectivity index (χ4n) is 1.92. The second-order valence-corrected chi connectivity index (χ2v) is 5.89. The normalized spacial score (nSPS) is 9.71. The van der Waals surface area contributed by atoms with Crippen LogP contribution in [0.2, 0.25) is 0 Å². The Morgan fingerprint density at radius 3 is 2.62 bits per heavy atom. The topological polar surface area (TPSA) is 63.2 Å². The van der Waals surface area contributed by atoms with Crippen LogP contribution in [0.1, 0.15) is 20.2 Å². The van der Waals surface area contributed by atoms with Gasteiger partial charge in [0.15, 0.2) is 0 Å². The van der Waals surface area contributed by atoms with Gasteiger partial charge in [-0.3, -0.25) is 4.79 Å². The molecule has 0 radical (unpaired) electrons. The number of nitrogens with zero attached hydrogens (tertiary/aromatic N) is 1. The number of aromatic nitrogens is 1. The highest BCUT2D eigenvalue weighted by Gasteiger charge is 2.10. The maximum atomic E-state index is 12.0. The minimum Gasteiger partial charge on any atom is -0.383 e. The molecule has 0 saturated carbocycles. The van der Waals surface area contributed by atoms with E-state index in [1.54, 1.807) is 13.3 Å². The molecule has 2 N–H and O–H groups in total. The molecule has 0 aliphatic heterocycles. The monoisotopic (exact) mass is 391 g/mol. The highest BCUT2D eigenvalue weighted by Crippen LogP contribution is 2.16. The number of benzene rings is 1. The molecule has 0 saturated heterocycles. The summed E-state index contributed by atoms with van der Waals surface area (Å²) < 4.78 is 4.93. The number of thiazole rings is 1. The average molecular weight is 392 g/mol. The predicted molar refractivity (Wildman–Crippen MR) is 103 cm³/mol. The second-order valence-electron chi connectivity index (χ2n) is 4.78. The maximum Gasteiger partial charge on any atom is 0.263 e. The number of hydrogen-bond donors (Lipinski definition) is 2. The van der Waals surface area contributed by atoms with E-state index in [2.05, 4.69) is 27.8 Å². The van der Waals surface area contributed by atoms with E-state index in [0.717, 1.165) is 24.5 Å². The Kier molecular flexibility index (Phi) is 12.5. The molecule has 2 rings (SSSR count). The molecule has 0 unspecified atom stereocenters. The lowest BCUT2D eigenvalue weighted by Crippen LogP contribution is -2.32. The van der Waals surface area contributed by atoms with Crippen molar-refractivity contribution in [1.82, 2.24) is 15.6 Å². The van der Waals surface area contributed by atoms with Crippen LogP contribution in [-0.2, 0) is 11.2 Å². The summed E-state index contributed by atoms with van der Waals surface area (Å²) in [4.78, 5) is 17.0. The van der Waals surface area contributed by atoms with Crippen molar-refractivity contribution in [2.75, 3.05) is 33.4 Å². The molecule has 1 aromatic carbocycles. The summed E-state index contributed by atoms with van der Waals surface area (Å²) in [7, 11) is 1.67. The number of methoxy groups -OCH3 is 1. The number of ether oxygens (including phenoxy) is 1. The number of carbonyl (C=O) groups is 1. The zero-order chi connectivity index (χ0) is 15.6. The zero-order valence-corrected chi connectivity index (χ0v) is 15.9. The molecule has 0 bridgehead atoms. The van der Waals surface area contributed by atoms with Gasteiger partial charge in [0, 0.05) is 33.2 Å². The molecule has 5 nitrogen and oxygen atoms in total. The lowest BCUT2D eigenvalue weighted by molar-refractivity contribution is 0.0957. The number of halogens is 2. The summed E-state index contributed by atoms with van der Waals surface area (Å²) in [5.41, 5.74) is 1.20. The van der Waals surface area contributed by atoms with Gasteiger partial charge in [0.05, 0.1) is 17.8 Å². The van der Waals surface area contributed by atoms with Gasteiger partial charge in [-0.2, -0.15) is 0 Å². The molecule has 2 aromatic rings. The van der Waals surface area contributed by atoms with Gasteiger partial charge in [-0.05, 0) is 5.56 Å². The number of nitrogens with one attached hydrogen (secondary N) is 2. The van der Waals surface area contributed by atoms with Gasteiger partial charge in [-0.25, -0.2) is 4.98 Å². The Morgan fingerprint density at radius 2 is 1.92 bits per heavy atom. The van der Waals surface area contributed by atoms with Crippen molar-refractivity contribution in [2.45, 2.75) is 6.42 Å². The summed E-state index contributed by atoms with van der Waals surface area (Å²) >= 11 is 1.44. The van der Waals surface area contributed by atoms with E-state index in [-0.39, 0.29) is 30.7 Å². The predicted octanol–water partition coefficient (Wildman–Crippen LogP) is 2.54. The van der Waals surface area contributed by atoms with Crippen LogP contribution in [0.5, 0.6) is 0 Å². The molecule has 134 valence electrons. The first-order valence-corrected chi connectivity index (χ1v) is 8.07. The van der Waals surface area contributed by atoms with Crippen LogP contribution in [0, 0.1) is 0 Å². The third-order valence-electron chi connectivity index (χ3n) is 3.05. The van der Waals surface area contributed by atoms with Gasteiger partial charge >= 0.3 is 0 Å². The van der Waals surface area contributed by atoms with Crippen molar-refractivity contribution in [3.8, 4) is 0 Å². The van der Waals surface area contributed by atoms with E-state index in [1.165, 1.54) is 16.9 Å². The van der Waals surface area contributed by atoms with E-state index in [0.29, 0.717) is 18.0 Å². The van der Waals surface area contributed by atoms with E-state index in [1.807, 2.05) is 18.2 Å². The van der Waals surface area contributed by atoms with E-state index >= 15 is 0 Å². The molecule has 1 amide bonds. The fraction of sp³-hybridized carbons (Fsp3) is 0.375. The molecule has 0 atom stereocenters. The van der Waals surface area contributed by atoms with Crippen LogP contribution in [0.4, 0.5) is 0 Å². The fourth-order valence-corrected chi connectivity index (χ4v) is 2.79. The smallest absolute Gasteiger partial charge is 0.263 e. The molecular weight excluding hydrogens is 369 g/mol. The molecule has 24 heavy (non-hydrogen) atoms.